The van der Waals surface area contributed by atoms with Gasteiger partial charge < -0.3 is 0 Å². The highest BCUT2D eigenvalue weighted by molar-refractivity contribution is 7.19. The van der Waals surface area contributed by atoms with Crippen molar-refractivity contribution in [2.75, 3.05) is 0 Å². The summed E-state index contributed by atoms with van der Waals surface area (Å²) in [5.41, 5.74) is 0.983. The van der Waals surface area contributed by atoms with E-state index >= 15 is 0 Å². The van der Waals surface area contributed by atoms with E-state index in [0.29, 0.717) is 11.4 Å². The third kappa shape index (κ3) is 3.73. The fourth-order valence-corrected chi connectivity index (χ4v) is 4.52. The van der Waals surface area contributed by atoms with Crippen molar-refractivity contribution in [2.45, 2.75) is 13.1 Å². The number of thiophene rings is 1. The third-order valence-electron chi connectivity index (χ3n) is 4.57. The van der Waals surface area contributed by atoms with Gasteiger partial charge in [0.25, 0.3) is 0 Å². The molecule has 9 heteroatoms. The van der Waals surface area contributed by atoms with Crippen molar-refractivity contribution in [3.63, 3.8) is 0 Å². The van der Waals surface area contributed by atoms with E-state index in [9.17, 15) is 17.6 Å². The molecular weight excluding hydrogens is 438 g/mol. The van der Waals surface area contributed by atoms with E-state index in [1.807, 2.05) is 13.0 Å². The summed E-state index contributed by atoms with van der Waals surface area (Å²) in [5.74, 6) is 0.164. The lowest BCUT2D eigenvalue weighted by molar-refractivity contribution is -0.137. The molecule has 0 aliphatic rings. The number of hydrogen-bond acceptors (Lipinski definition) is 3. The summed E-state index contributed by atoms with van der Waals surface area (Å²) in [4.78, 5) is 6.06. The lowest BCUT2D eigenvalue weighted by atomic mass is 10.1. The topological polar surface area (TPSA) is 30.7 Å². The fraction of sp³-hybridized carbons (Fsp3) is 0.143. The molecular formula is C21H14ClF4N3S. The molecule has 4 rings (SSSR count). The number of rotatable bonds is 3. The van der Waals surface area contributed by atoms with Crippen molar-refractivity contribution in [1.29, 1.82) is 0 Å². The van der Waals surface area contributed by atoms with Crippen molar-refractivity contribution >= 4 is 22.9 Å². The number of aryl methyl sites for hydroxylation is 2. The molecule has 2 heterocycles. The molecule has 0 fully saturated rings. The second-order valence-corrected chi connectivity index (χ2v) is 8.14. The predicted molar refractivity (Wildman–Crippen MR) is 110 cm³/mol. The molecule has 30 heavy (non-hydrogen) atoms. The zero-order chi connectivity index (χ0) is 21.6. The Morgan fingerprint density at radius 2 is 1.77 bits per heavy atom. The molecule has 0 radical (unpaired) electrons. The Morgan fingerprint density at radius 3 is 2.40 bits per heavy atom. The van der Waals surface area contributed by atoms with Crippen LogP contribution in [0.4, 0.5) is 17.6 Å². The first-order valence-corrected chi connectivity index (χ1v) is 9.98. The summed E-state index contributed by atoms with van der Waals surface area (Å²) in [5, 5.41) is 4.51. The molecule has 2 aromatic heterocycles. The van der Waals surface area contributed by atoms with E-state index in [-0.39, 0.29) is 16.4 Å². The highest BCUT2D eigenvalue weighted by Gasteiger charge is 2.30. The molecule has 0 aliphatic carbocycles. The van der Waals surface area contributed by atoms with Crippen LogP contribution in [-0.2, 0) is 13.2 Å². The first-order valence-electron chi connectivity index (χ1n) is 8.79. The van der Waals surface area contributed by atoms with Crippen LogP contribution in [-0.4, -0.2) is 14.8 Å². The average Bonchev–Trinajstić information content (AvgIpc) is 3.23. The van der Waals surface area contributed by atoms with Gasteiger partial charge in [-0.05, 0) is 48.4 Å². The monoisotopic (exact) mass is 451 g/mol. The molecule has 0 bridgehead atoms. The summed E-state index contributed by atoms with van der Waals surface area (Å²) in [6.45, 7) is 1.88. The van der Waals surface area contributed by atoms with E-state index in [1.54, 1.807) is 13.1 Å². The summed E-state index contributed by atoms with van der Waals surface area (Å²) in [6, 6.07) is 11.2. The van der Waals surface area contributed by atoms with Gasteiger partial charge in [-0.2, -0.15) is 18.3 Å². The molecule has 0 N–H and O–H groups in total. The Morgan fingerprint density at radius 1 is 1.07 bits per heavy atom. The van der Waals surface area contributed by atoms with Crippen LogP contribution in [0, 0.1) is 12.7 Å². The largest absolute Gasteiger partial charge is 0.416 e. The first-order chi connectivity index (χ1) is 14.1. The number of benzene rings is 2. The maximum atomic E-state index is 14.2. The van der Waals surface area contributed by atoms with E-state index in [0.717, 1.165) is 27.5 Å². The molecule has 4 aromatic rings. The minimum Gasteiger partial charge on any atom is -0.248 e. The van der Waals surface area contributed by atoms with Gasteiger partial charge in [-0.25, -0.2) is 14.1 Å². The molecule has 0 amide bonds. The van der Waals surface area contributed by atoms with Crippen LogP contribution in [0.5, 0.6) is 0 Å². The van der Waals surface area contributed by atoms with Gasteiger partial charge in [0.15, 0.2) is 11.6 Å². The molecule has 0 unspecified atom stereocenters. The SMILES string of the molecule is Cc1cc(-c2ccc(C(F)(F)F)cc2)sc1-c1nc(-c2c(F)cccc2Cl)nn1C. The van der Waals surface area contributed by atoms with Crippen LogP contribution in [0.2, 0.25) is 5.02 Å². The van der Waals surface area contributed by atoms with Crippen LogP contribution in [0.3, 0.4) is 0 Å². The second kappa shape index (κ2) is 7.52. The van der Waals surface area contributed by atoms with Gasteiger partial charge in [-0.3, -0.25) is 0 Å². The van der Waals surface area contributed by atoms with Gasteiger partial charge in [-0.15, -0.1) is 11.3 Å². The maximum absolute atomic E-state index is 14.2. The molecule has 3 nitrogen and oxygen atoms in total. The molecule has 0 saturated heterocycles. The van der Waals surface area contributed by atoms with Crippen LogP contribution in [0.1, 0.15) is 11.1 Å². The Kier molecular flexibility index (Phi) is 5.15. The number of hydrogen-bond donors (Lipinski definition) is 0. The van der Waals surface area contributed by atoms with E-state index < -0.39 is 17.6 Å². The number of alkyl halides is 3. The Labute approximate surface area is 178 Å². The zero-order valence-corrected chi connectivity index (χ0v) is 17.3. The van der Waals surface area contributed by atoms with Crippen molar-refractivity contribution < 1.29 is 17.6 Å². The predicted octanol–water partition coefficient (Wildman–Crippen LogP) is 7.00. The minimum absolute atomic E-state index is 0.123. The van der Waals surface area contributed by atoms with Crippen LogP contribution >= 0.6 is 22.9 Å². The van der Waals surface area contributed by atoms with Crippen molar-refractivity contribution in [2.24, 2.45) is 7.05 Å². The van der Waals surface area contributed by atoms with Gasteiger partial charge in [0.2, 0.25) is 0 Å². The highest BCUT2D eigenvalue weighted by Crippen LogP contribution is 2.39. The van der Waals surface area contributed by atoms with Gasteiger partial charge in [0, 0.05) is 11.9 Å². The molecule has 2 aromatic carbocycles. The van der Waals surface area contributed by atoms with E-state index in [2.05, 4.69) is 10.1 Å². The smallest absolute Gasteiger partial charge is 0.248 e. The minimum atomic E-state index is -4.38. The van der Waals surface area contributed by atoms with Crippen molar-refractivity contribution in [3.05, 3.63) is 70.5 Å². The van der Waals surface area contributed by atoms with Crippen molar-refractivity contribution in [1.82, 2.24) is 14.8 Å². The summed E-state index contributed by atoms with van der Waals surface area (Å²) < 4.78 is 54.2. The zero-order valence-electron chi connectivity index (χ0n) is 15.8. The second-order valence-electron chi connectivity index (χ2n) is 6.68. The number of halogens is 5. The highest BCUT2D eigenvalue weighted by atomic mass is 35.5. The van der Waals surface area contributed by atoms with Gasteiger partial charge in [0.1, 0.15) is 5.82 Å². The molecule has 0 aliphatic heterocycles. The lowest BCUT2D eigenvalue weighted by Gasteiger charge is -2.06. The van der Waals surface area contributed by atoms with Crippen LogP contribution in [0.25, 0.3) is 32.5 Å². The van der Waals surface area contributed by atoms with Crippen LogP contribution < -0.4 is 0 Å². The standard InChI is InChI=1S/C21H14ClF4N3S/c1-11-10-16(12-6-8-13(9-7-12)21(24,25)26)30-18(11)20-27-19(28-29(20)2)17-14(22)4-3-5-15(17)23/h3-10H,1-2H3. The number of aromatic nitrogens is 3. The number of nitrogens with zero attached hydrogens (tertiary/aromatic N) is 3. The summed E-state index contributed by atoms with van der Waals surface area (Å²) in [7, 11) is 1.69. The summed E-state index contributed by atoms with van der Waals surface area (Å²) in [6.07, 6.45) is -4.38. The average molecular weight is 452 g/mol. The van der Waals surface area contributed by atoms with E-state index in [4.69, 9.17) is 11.6 Å². The lowest BCUT2D eigenvalue weighted by Crippen LogP contribution is -2.03. The molecule has 0 spiro atoms. The first kappa shape index (κ1) is 20.6. The quantitative estimate of drug-likeness (QED) is 0.314. The third-order valence-corrected chi connectivity index (χ3v) is 6.16. The Hall–Kier alpha value is -2.71. The summed E-state index contributed by atoms with van der Waals surface area (Å²) >= 11 is 7.50. The fourth-order valence-electron chi connectivity index (χ4n) is 3.07. The Balaban J connectivity index is 1.73. The molecule has 0 atom stereocenters. The van der Waals surface area contributed by atoms with Gasteiger partial charge in [-0.1, -0.05) is 29.8 Å². The maximum Gasteiger partial charge on any atom is 0.416 e. The molecule has 154 valence electrons. The van der Waals surface area contributed by atoms with Gasteiger partial charge >= 0.3 is 6.18 Å². The van der Waals surface area contributed by atoms with Crippen LogP contribution in [0.15, 0.2) is 48.5 Å². The van der Waals surface area contributed by atoms with Gasteiger partial charge in [0.05, 0.1) is 21.0 Å². The van der Waals surface area contributed by atoms with E-state index in [1.165, 1.54) is 40.3 Å². The normalized spacial score (nSPS) is 11.8. The van der Waals surface area contributed by atoms with Crippen molar-refractivity contribution in [3.8, 4) is 32.5 Å². The Bertz CT molecular complexity index is 1210. The molecule has 0 saturated carbocycles.